The van der Waals surface area contributed by atoms with Gasteiger partial charge in [0.05, 0.1) is 5.56 Å². The number of benzene rings is 1. The van der Waals surface area contributed by atoms with Crippen molar-refractivity contribution in [3.05, 3.63) is 41.6 Å². The molecule has 0 unspecified atom stereocenters. The first kappa shape index (κ1) is 29.0. The number of aromatic nitrogens is 2. The van der Waals surface area contributed by atoms with E-state index in [1.54, 1.807) is 23.2 Å². The average Bonchev–Trinajstić information content (AvgIpc) is 3.60. The molecule has 12 heteroatoms. The predicted molar refractivity (Wildman–Crippen MR) is 150 cm³/mol. The van der Waals surface area contributed by atoms with Gasteiger partial charge in [-0.25, -0.2) is 4.79 Å². The molecule has 1 N–H and O–H groups in total. The lowest BCUT2D eigenvalue weighted by Gasteiger charge is -2.45. The van der Waals surface area contributed by atoms with E-state index in [0.29, 0.717) is 37.2 Å². The number of likely N-dealkylation sites (tertiary alicyclic amines) is 3. The highest BCUT2D eigenvalue weighted by Crippen LogP contribution is 2.42. The molecule has 1 aromatic heterocycles. The summed E-state index contributed by atoms with van der Waals surface area (Å²) in [6.07, 6.45) is 4.70. The molecule has 9 nitrogen and oxygen atoms in total. The van der Waals surface area contributed by atoms with Crippen LogP contribution in [0.5, 0.6) is 5.75 Å². The molecular weight excluding hydrogens is 549 g/mol. The number of piperidine rings is 2. The summed E-state index contributed by atoms with van der Waals surface area (Å²) in [6.45, 7) is 5.73. The van der Waals surface area contributed by atoms with Gasteiger partial charge >= 0.3 is 12.2 Å². The Kier molecular flexibility index (Phi) is 7.95. The van der Waals surface area contributed by atoms with Crippen LogP contribution in [0.3, 0.4) is 0 Å². The Balaban J connectivity index is 1.13. The highest BCUT2D eigenvalue weighted by Gasteiger charge is 2.44. The second-order valence-corrected chi connectivity index (χ2v) is 12.3. The Bertz CT molecular complexity index is 1290. The Labute approximate surface area is 243 Å². The van der Waals surface area contributed by atoms with Crippen LogP contribution in [0.25, 0.3) is 0 Å². The number of nitrogens with one attached hydrogen (secondary N) is 1. The number of carbonyl (C=O) groups is 2. The first-order valence-corrected chi connectivity index (χ1v) is 15.1. The van der Waals surface area contributed by atoms with Crippen molar-refractivity contribution in [3.63, 3.8) is 0 Å². The number of nitrogens with zero attached hydrogens (tertiary/aromatic N) is 5. The maximum absolute atomic E-state index is 13.7. The van der Waals surface area contributed by atoms with E-state index in [2.05, 4.69) is 20.2 Å². The summed E-state index contributed by atoms with van der Waals surface area (Å²) < 4.78 is 48.6. The van der Waals surface area contributed by atoms with Crippen molar-refractivity contribution in [1.82, 2.24) is 24.5 Å². The van der Waals surface area contributed by atoms with Crippen molar-refractivity contribution in [3.8, 4) is 5.75 Å². The fourth-order valence-electron chi connectivity index (χ4n) is 6.90. The van der Waals surface area contributed by atoms with Crippen LogP contribution in [0.1, 0.15) is 69.4 Å². The molecule has 3 saturated heterocycles. The van der Waals surface area contributed by atoms with Crippen LogP contribution in [0.4, 0.5) is 23.8 Å². The molecule has 4 fully saturated rings. The molecular formula is C30H39F3N6O3. The molecule has 6 rings (SSSR count). The van der Waals surface area contributed by atoms with Crippen molar-refractivity contribution in [2.75, 3.05) is 38.0 Å². The van der Waals surface area contributed by atoms with E-state index >= 15 is 0 Å². The van der Waals surface area contributed by atoms with E-state index in [9.17, 15) is 22.8 Å². The fraction of sp³-hybridized carbons (Fsp3) is 0.633. The lowest BCUT2D eigenvalue weighted by Crippen LogP contribution is -2.53. The summed E-state index contributed by atoms with van der Waals surface area (Å²) in [4.78, 5) is 31.0. The van der Waals surface area contributed by atoms with Crippen LogP contribution < -0.4 is 10.1 Å². The van der Waals surface area contributed by atoms with E-state index < -0.39 is 11.7 Å². The number of alkyl halides is 3. The molecule has 0 bridgehead atoms. The van der Waals surface area contributed by atoms with Crippen molar-refractivity contribution in [1.29, 1.82) is 0 Å². The van der Waals surface area contributed by atoms with Crippen LogP contribution in [-0.2, 0) is 17.5 Å². The molecule has 1 spiro atoms. The minimum atomic E-state index is -4.43. The van der Waals surface area contributed by atoms with Gasteiger partial charge in [0, 0.05) is 69.1 Å². The van der Waals surface area contributed by atoms with E-state index in [-0.39, 0.29) is 23.6 Å². The molecule has 3 aliphatic heterocycles. The predicted octanol–water partition coefficient (Wildman–Crippen LogP) is 4.96. The topological polar surface area (TPSA) is 82.9 Å². The van der Waals surface area contributed by atoms with E-state index in [1.165, 1.54) is 36.6 Å². The smallest absolute Gasteiger partial charge is 0.416 e. The van der Waals surface area contributed by atoms with E-state index in [4.69, 9.17) is 4.74 Å². The molecule has 2 amide bonds. The van der Waals surface area contributed by atoms with Gasteiger partial charge < -0.3 is 19.9 Å². The highest BCUT2D eigenvalue weighted by molar-refractivity contribution is 5.88. The standard InChI is InChI=1S/C30H39F3N6O3/c1-21(40)34-27-9-16-39(35-27)28(41)37-17-11-29(12-18-37)10-2-13-38(29)20-22-3-4-23(30(31,32)33)19-26(22)42-25-7-14-36(15-8-25)24-5-6-24/h3-4,9,16,19,24-25H,2,5-8,10-15,17-18,20H2,1H3,(H,34,35,40). The quantitative estimate of drug-likeness (QED) is 0.514. The Morgan fingerprint density at radius 3 is 2.43 bits per heavy atom. The van der Waals surface area contributed by atoms with Crippen molar-refractivity contribution in [2.24, 2.45) is 0 Å². The molecule has 0 atom stereocenters. The molecule has 1 saturated carbocycles. The first-order chi connectivity index (χ1) is 20.1. The van der Waals surface area contributed by atoms with E-state index in [0.717, 1.165) is 63.7 Å². The molecule has 4 heterocycles. The molecule has 1 aromatic carbocycles. The van der Waals surface area contributed by atoms with Crippen LogP contribution >= 0.6 is 0 Å². The maximum atomic E-state index is 13.7. The second-order valence-electron chi connectivity index (χ2n) is 12.3. The Morgan fingerprint density at radius 1 is 1.02 bits per heavy atom. The maximum Gasteiger partial charge on any atom is 0.416 e. The van der Waals surface area contributed by atoms with Crippen LogP contribution in [-0.4, -0.2) is 86.8 Å². The van der Waals surface area contributed by atoms with Crippen molar-refractivity contribution in [2.45, 2.75) is 88.7 Å². The summed E-state index contributed by atoms with van der Waals surface area (Å²) in [5, 5.41) is 6.75. The Hall–Kier alpha value is -3.12. The largest absolute Gasteiger partial charge is 0.490 e. The number of anilines is 1. The summed E-state index contributed by atoms with van der Waals surface area (Å²) in [6, 6.07) is 5.98. The lowest BCUT2D eigenvalue weighted by atomic mass is 9.84. The zero-order valence-corrected chi connectivity index (χ0v) is 24.0. The zero-order valence-electron chi connectivity index (χ0n) is 24.0. The summed E-state index contributed by atoms with van der Waals surface area (Å²) in [5.41, 5.74) is -0.00740. The third-order valence-corrected chi connectivity index (χ3v) is 9.38. The minimum absolute atomic E-state index is 0.0857. The van der Waals surface area contributed by atoms with E-state index in [1.807, 2.05) is 0 Å². The second kappa shape index (κ2) is 11.5. The molecule has 228 valence electrons. The van der Waals surface area contributed by atoms with Gasteiger partial charge in [-0.05, 0) is 70.0 Å². The fourth-order valence-corrected chi connectivity index (χ4v) is 6.90. The SMILES string of the molecule is CC(=O)Nc1ccn(C(=O)N2CCC3(CCCN3Cc3ccc(C(F)(F)F)cc3OC3CCN(C4CC4)CC3)CC2)n1. The number of rotatable bonds is 6. The monoisotopic (exact) mass is 588 g/mol. The summed E-state index contributed by atoms with van der Waals surface area (Å²) in [7, 11) is 0. The molecule has 42 heavy (non-hydrogen) atoms. The van der Waals surface area contributed by atoms with Gasteiger partial charge in [0.15, 0.2) is 5.82 Å². The molecule has 4 aliphatic rings. The molecule has 2 aromatic rings. The van der Waals surface area contributed by atoms with Gasteiger partial charge in [0.25, 0.3) is 0 Å². The van der Waals surface area contributed by atoms with Gasteiger partial charge in [-0.3, -0.25) is 9.69 Å². The van der Waals surface area contributed by atoms with Crippen molar-refractivity contribution >= 4 is 17.8 Å². The average molecular weight is 589 g/mol. The third-order valence-electron chi connectivity index (χ3n) is 9.38. The number of carbonyl (C=O) groups excluding carboxylic acids is 2. The normalized spacial score (nSPS) is 22.0. The van der Waals surface area contributed by atoms with Gasteiger partial charge in [-0.15, -0.1) is 5.10 Å². The van der Waals surface area contributed by atoms with Crippen LogP contribution in [0, 0.1) is 0 Å². The summed E-state index contributed by atoms with van der Waals surface area (Å²) in [5.74, 6) is 0.418. The molecule has 0 radical (unpaired) electrons. The number of amides is 2. The minimum Gasteiger partial charge on any atom is -0.490 e. The Morgan fingerprint density at radius 2 is 1.76 bits per heavy atom. The number of hydrogen-bond donors (Lipinski definition) is 1. The van der Waals surface area contributed by atoms with Crippen LogP contribution in [0.15, 0.2) is 30.5 Å². The number of halogens is 3. The molecule has 1 aliphatic carbocycles. The van der Waals surface area contributed by atoms with Gasteiger partial charge in [-0.2, -0.15) is 17.9 Å². The number of hydrogen-bond acceptors (Lipinski definition) is 6. The first-order valence-electron chi connectivity index (χ1n) is 15.1. The summed E-state index contributed by atoms with van der Waals surface area (Å²) >= 11 is 0. The van der Waals surface area contributed by atoms with Gasteiger partial charge in [-0.1, -0.05) is 6.07 Å². The van der Waals surface area contributed by atoms with Gasteiger partial charge in [0.2, 0.25) is 5.91 Å². The zero-order chi connectivity index (χ0) is 29.5. The van der Waals surface area contributed by atoms with Gasteiger partial charge in [0.1, 0.15) is 11.9 Å². The lowest BCUT2D eigenvalue weighted by molar-refractivity contribution is -0.137. The van der Waals surface area contributed by atoms with Crippen molar-refractivity contribution < 1.29 is 27.5 Å². The highest BCUT2D eigenvalue weighted by atomic mass is 19.4. The number of ether oxygens (including phenoxy) is 1. The third kappa shape index (κ3) is 6.29. The van der Waals surface area contributed by atoms with Crippen LogP contribution in [0.2, 0.25) is 0 Å².